The van der Waals surface area contributed by atoms with Gasteiger partial charge < -0.3 is 10.1 Å². The fourth-order valence-electron chi connectivity index (χ4n) is 4.15. The van der Waals surface area contributed by atoms with Crippen LogP contribution in [0.5, 0.6) is 5.75 Å². The Hall–Kier alpha value is -5.05. The van der Waals surface area contributed by atoms with Crippen molar-refractivity contribution >= 4 is 39.8 Å². The second-order valence-electron chi connectivity index (χ2n) is 8.93. The lowest BCUT2D eigenvalue weighted by Crippen LogP contribution is -2.12. The molecule has 0 spiro atoms. The highest BCUT2D eigenvalue weighted by atomic mass is 32.2. The molecule has 0 radical (unpaired) electrons. The number of amides is 1. The van der Waals surface area contributed by atoms with Crippen LogP contribution in [0.2, 0.25) is 0 Å². The summed E-state index contributed by atoms with van der Waals surface area (Å²) in [4.78, 5) is 32.6. The van der Waals surface area contributed by atoms with Crippen molar-refractivity contribution in [3.8, 4) is 45.5 Å². The van der Waals surface area contributed by atoms with E-state index >= 15 is 0 Å². The molecule has 11 heteroatoms. The van der Waals surface area contributed by atoms with Gasteiger partial charge in [0.25, 0.3) is 5.69 Å². The van der Waals surface area contributed by atoms with Gasteiger partial charge in [0, 0.05) is 46.4 Å². The van der Waals surface area contributed by atoms with E-state index in [-0.39, 0.29) is 18.0 Å². The quantitative estimate of drug-likeness (QED) is 0.100. The summed E-state index contributed by atoms with van der Waals surface area (Å²) in [6.07, 6.45) is 0.163. The van der Waals surface area contributed by atoms with Crippen LogP contribution >= 0.6 is 23.1 Å². The van der Waals surface area contributed by atoms with Crippen LogP contribution in [0.1, 0.15) is 12.0 Å². The third kappa shape index (κ3) is 6.63. The Labute approximate surface area is 250 Å². The molecular formula is C31H23N5O4S2. The van der Waals surface area contributed by atoms with Gasteiger partial charge in [0.2, 0.25) is 5.91 Å². The predicted molar refractivity (Wildman–Crippen MR) is 165 cm³/mol. The number of aromatic nitrogens is 2. The minimum atomic E-state index is -0.460. The standard InChI is InChI=1S/C31H23N5O4S2/c1-40-24-12-10-20(11-13-24)25-17-27(21-6-3-2-4-7-21)33-30(26(25)18-32)41-15-14-29(37)35-31-34-28(19-42-31)22-8-5-9-23(16-22)36(38)39/h2-13,16-17,19H,14-15H2,1H3,(H,34,35,37). The molecule has 0 bridgehead atoms. The molecule has 0 aliphatic rings. The number of nitriles is 1. The Morgan fingerprint density at radius 2 is 1.76 bits per heavy atom. The van der Waals surface area contributed by atoms with E-state index in [1.807, 2.05) is 60.7 Å². The zero-order valence-corrected chi connectivity index (χ0v) is 23.9. The number of methoxy groups -OCH3 is 1. The topological polar surface area (TPSA) is 131 Å². The Balaban J connectivity index is 1.32. The Bertz CT molecular complexity index is 1780. The first kappa shape index (κ1) is 28.5. The number of rotatable bonds is 10. The van der Waals surface area contributed by atoms with Crippen LogP contribution in [-0.4, -0.2) is 33.7 Å². The normalized spacial score (nSPS) is 10.6. The molecule has 0 atom stereocenters. The van der Waals surface area contributed by atoms with Gasteiger partial charge in [-0.3, -0.25) is 14.9 Å². The van der Waals surface area contributed by atoms with E-state index in [9.17, 15) is 20.2 Å². The average Bonchev–Trinajstić information content (AvgIpc) is 3.49. The molecule has 0 aliphatic heterocycles. The zero-order valence-electron chi connectivity index (χ0n) is 22.3. The highest BCUT2D eigenvalue weighted by Gasteiger charge is 2.17. The lowest BCUT2D eigenvalue weighted by atomic mass is 9.99. The van der Waals surface area contributed by atoms with E-state index in [0.717, 1.165) is 22.4 Å². The number of hydrogen-bond donors (Lipinski definition) is 1. The maximum Gasteiger partial charge on any atom is 0.270 e. The number of thiazole rings is 1. The maximum atomic E-state index is 12.7. The van der Waals surface area contributed by atoms with Gasteiger partial charge in [0.05, 0.1) is 29.0 Å². The van der Waals surface area contributed by atoms with Crippen molar-refractivity contribution in [3.05, 3.63) is 106 Å². The number of pyridine rings is 1. The molecule has 1 amide bonds. The molecule has 1 N–H and O–H groups in total. The maximum absolute atomic E-state index is 12.7. The van der Waals surface area contributed by atoms with E-state index < -0.39 is 4.92 Å². The molecule has 42 heavy (non-hydrogen) atoms. The molecule has 2 heterocycles. The van der Waals surface area contributed by atoms with Gasteiger partial charge in [-0.15, -0.1) is 23.1 Å². The first-order chi connectivity index (χ1) is 20.4. The highest BCUT2D eigenvalue weighted by Crippen LogP contribution is 2.35. The fourth-order valence-corrected chi connectivity index (χ4v) is 5.83. The molecule has 5 rings (SSSR count). The Kier molecular flexibility index (Phi) is 8.87. The number of carbonyl (C=O) groups is 1. The van der Waals surface area contributed by atoms with E-state index in [2.05, 4.69) is 16.4 Å². The average molecular weight is 594 g/mol. The van der Waals surface area contributed by atoms with Gasteiger partial charge in [-0.1, -0.05) is 54.6 Å². The number of non-ortho nitro benzene ring substituents is 1. The van der Waals surface area contributed by atoms with Crippen molar-refractivity contribution in [1.82, 2.24) is 9.97 Å². The monoisotopic (exact) mass is 593 g/mol. The predicted octanol–water partition coefficient (Wildman–Crippen LogP) is 7.45. The SMILES string of the molecule is COc1ccc(-c2cc(-c3ccccc3)nc(SCCC(=O)Nc3nc(-c4cccc([N+](=O)[O-])c4)cs3)c2C#N)cc1. The summed E-state index contributed by atoms with van der Waals surface area (Å²) >= 11 is 2.58. The smallest absolute Gasteiger partial charge is 0.270 e. The fraction of sp³-hybridized carbons (Fsp3) is 0.0968. The largest absolute Gasteiger partial charge is 0.497 e. The van der Waals surface area contributed by atoms with E-state index in [0.29, 0.717) is 38.5 Å². The van der Waals surface area contributed by atoms with E-state index in [4.69, 9.17) is 9.72 Å². The summed E-state index contributed by atoms with van der Waals surface area (Å²) in [6.45, 7) is 0. The number of thioether (sulfide) groups is 1. The summed E-state index contributed by atoms with van der Waals surface area (Å²) in [5, 5.41) is 26.7. The molecular weight excluding hydrogens is 571 g/mol. The molecule has 3 aromatic carbocycles. The number of nitro benzene ring substituents is 1. The molecule has 0 fully saturated rings. The van der Waals surface area contributed by atoms with E-state index in [1.165, 1.54) is 35.2 Å². The summed E-state index contributed by atoms with van der Waals surface area (Å²) in [5.41, 5.74) is 4.79. The van der Waals surface area contributed by atoms with Crippen molar-refractivity contribution in [2.24, 2.45) is 0 Å². The molecule has 5 aromatic rings. The number of nitro groups is 1. The van der Waals surface area contributed by atoms with Gasteiger partial charge >= 0.3 is 0 Å². The lowest BCUT2D eigenvalue weighted by Gasteiger charge is -2.13. The molecule has 0 saturated carbocycles. The summed E-state index contributed by atoms with van der Waals surface area (Å²) in [7, 11) is 1.60. The number of nitrogens with zero attached hydrogens (tertiary/aromatic N) is 4. The van der Waals surface area contributed by atoms with Gasteiger partial charge in [-0.05, 0) is 23.8 Å². The number of carbonyl (C=O) groups excluding carboxylic acids is 1. The number of anilines is 1. The lowest BCUT2D eigenvalue weighted by molar-refractivity contribution is -0.384. The molecule has 0 saturated heterocycles. The second kappa shape index (κ2) is 13.1. The van der Waals surface area contributed by atoms with Crippen LogP contribution in [0, 0.1) is 21.4 Å². The Morgan fingerprint density at radius 3 is 2.48 bits per heavy atom. The third-order valence-corrected chi connectivity index (χ3v) is 7.97. The summed E-state index contributed by atoms with van der Waals surface area (Å²) in [5.74, 6) is 0.861. The van der Waals surface area contributed by atoms with Crippen LogP contribution < -0.4 is 10.1 Å². The van der Waals surface area contributed by atoms with Crippen molar-refractivity contribution in [2.75, 3.05) is 18.2 Å². The second-order valence-corrected chi connectivity index (χ2v) is 10.9. The van der Waals surface area contributed by atoms with Crippen LogP contribution in [-0.2, 0) is 4.79 Å². The minimum absolute atomic E-state index is 0.0278. The number of ether oxygens (including phenoxy) is 1. The molecule has 0 unspecified atom stereocenters. The van der Waals surface area contributed by atoms with Gasteiger partial charge in [-0.2, -0.15) is 5.26 Å². The third-order valence-electron chi connectivity index (χ3n) is 6.24. The summed E-state index contributed by atoms with van der Waals surface area (Å²) < 4.78 is 5.29. The highest BCUT2D eigenvalue weighted by molar-refractivity contribution is 7.99. The first-order valence-electron chi connectivity index (χ1n) is 12.7. The molecule has 2 aromatic heterocycles. The van der Waals surface area contributed by atoms with Crippen molar-refractivity contribution in [2.45, 2.75) is 11.4 Å². The van der Waals surface area contributed by atoms with Crippen LogP contribution in [0.25, 0.3) is 33.6 Å². The molecule has 9 nitrogen and oxygen atoms in total. The van der Waals surface area contributed by atoms with Gasteiger partial charge in [-0.25, -0.2) is 9.97 Å². The van der Waals surface area contributed by atoms with Gasteiger partial charge in [0.15, 0.2) is 5.13 Å². The zero-order chi connectivity index (χ0) is 29.5. The van der Waals surface area contributed by atoms with Crippen molar-refractivity contribution < 1.29 is 14.5 Å². The molecule has 208 valence electrons. The molecule has 0 aliphatic carbocycles. The number of nitrogens with one attached hydrogen (secondary N) is 1. The van der Waals surface area contributed by atoms with E-state index in [1.54, 1.807) is 24.6 Å². The van der Waals surface area contributed by atoms with Gasteiger partial charge in [0.1, 0.15) is 16.8 Å². The number of benzene rings is 3. The summed E-state index contributed by atoms with van der Waals surface area (Å²) in [6, 6.07) is 27.6. The van der Waals surface area contributed by atoms with Crippen LogP contribution in [0.4, 0.5) is 10.8 Å². The van der Waals surface area contributed by atoms with Crippen molar-refractivity contribution in [1.29, 1.82) is 5.26 Å². The van der Waals surface area contributed by atoms with Crippen LogP contribution in [0.3, 0.4) is 0 Å². The van der Waals surface area contributed by atoms with Crippen molar-refractivity contribution in [3.63, 3.8) is 0 Å². The minimum Gasteiger partial charge on any atom is -0.497 e. The van der Waals surface area contributed by atoms with Crippen LogP contribution in [0.15, 0.2) is 95.3 Å². The Morgan fingerprint density at radius 1 is 1.00 bits per heavy atom. The first-order valence-corrected chi connectivity index (χ1v) is 14.6. The number of hydrogen-bond acceptors (Lipinski definition) is 9.